The summed E-state index contributed by atoms with van der Waals surface area (Å²) in [4.78, 5) is 52.2. The molecule has 30 heavy (non-hydrogen) atoms. The number of aromatic nitrogens is 1. The molecule has 1 aliphatic carbocycles. The van der Waals surface area contributed by atoms with Crippen molar-refractivity contribution in [2.45, 2.75) is 38.2 Å². The molecule has 0 amide bonds. The highest BCUT2D eigenvalue weighted by molar-refractivity contribution is 6.03. The van der Waals surface area contributed by atoms with Crippen molar-refractivity contribution in [3.8, 4) is 0 Å². The van der Waals surface area contributed by atoms with Crippen molar-refractivity contribution >= 4 is 23.7 Å². The number of carbonyl (C=O) groups excluding carboxylic acids is 4. The Morgan fingerprint density at radius 1 is 1.10 bits per heavy atom. The zero-order chi connectivity index (χ0) is 21.7. The number of ether oxygens (including phenoxy) is 3. The number of methoxy groups -OCH3 is 2. The molecule has 1 unspecified atom stereocenters. The van der Waals surface area contributed by atoms with E-state index in [2.05, 4.69) is 4.98 Å². The van der Waals surface area contributed by atoms with E-state index in [9.17, 15) is 19.2 Å². The van der Waals surface area contributed by atoms with Crippen LogP contribution in [-0.2, 0) is 36.8 Å². The fraction of sp³-hybridized carbons (Fsp3) is 0.364. The molecule has 1 heterocycles. The van der Waals surface area contributed by atoms with Crippen molar-refractivity contribution in [2.75, 3.05) is 14.2 Å². The number of Topliss-reactive ketones (excluding diaryl/α,β-unsaturated/α-hetero) is 1. The molecule has 1 aliphatic rings. The topological polar surface area (TPSA) is 112 Å². The Morgan fingerprint density at radius 3 is 2.50 bits per heavy atom. The zero-order valence-corrected chi connectivity index (χ0v) is 16.9. The summed E-state index contributed by atoms with van der Waals surface area (Å²) in [6.45, 7) is 0.0498. The van der Waals surface area contributed by atoms with E-state index in [1.165, 1.54) is 14.2 Å². The van der Waals surface area contributed by atoms with E-state index in [1.807, 2.05) is 30.3 Å². The fourth-order valence-electron chi connectivity index (χ4n) is 3.64. The van der Waals surface area contributed by atoms with E-state index in [1.54, 1.807) is 0 Å². The second-order valence-corrected chi connectivity index (χ2v) is 6.94. The number of rotatable bonds is 7. The van der Waals surface area contributed by atoms with Gasteiger partial charge in [-0.25, -0.2) is 4.79 Å². The van der Waals surface area contributed by atoms with E-state index >= 15 is 0 Å². The molecule has 1 aromatic heterocycles. The molecule has 1 N–H and O–H groups in total. The van der Waals surface area contributed by atoms with Crippen LogP contribution in [0.1, 0.15) is 62.8 Å². The molecule has 0 bridgehead atoms. The Morgan fingerprint density at radius 2 is 1.83 bits per heavy atom. The number of fused-ring (bicyclic) bond motifs is 1. The molecule has 1 atom stereocenters. The summed E-state index contributed by atoms with van der Waals surface area (Å²) in [5.74, 6) is -2.52. The van der Waals surface area contributed by atoms with Gasteiger partial charge >= 0.3 is 17.9 Å². The highest BCUT2D eigenvalue weighted by Crippen LogP contribution is 2.37. The third-order valence-corrected chi connectivity index (χ3v) is 5.14. The second-order valence-electron chi connectivity index (χ2n) is 6.94. The number of benzene rings is 1. The maximum absolute atomic E-state index is 12.8. The minimum atomic E-state index is -0.692. The molecule has 0 spiro atoms. The summed E-state index contributed by atoms with van der Waals surface area (Å²) in [5, 5.41) is 0. The standard InChI is InChI=1S/C22H23NO7/c1-28-17(25)11-9-14-18-15(21(26)29-2)8-10-16(24)20(18)23-19(14)22(27)30-12-13-6-4-3-5-7-13/h3-7,15,23H,8-12H2,1-2H3. The minimum absolute atomic E-state index is 0.0121. The largest absolute Gasteiger partial charge is 0.469 e. The van der Waals surface area contributed by atoms with Gasteiger partial charge in [-0.3, -0.25) is 14.4 Å². The van der Waals surface area contributed by atoms with Gasteiger partial charge in [-0.05, 0) is 29.5 Å². The van der Waals surface area contributed by atoms with Crippen LogP contribution in [0, 0.1) is 0 Å². The van der Waals surface area contributed by atoms with Crippen LogP contribution in [0.5, 0.6) is 0 Å². The van der Waals surface area contributed by atoms with Gasteiger partial charge in [0, 0.05) is 12.8 Å². The van der Waals surface area contributed by atoms with Crippen LogP contribution in [0.3, 0.4) is 0 Å². The molecule has 8 heteroatoms. The number of aromatic amines is 1. The summed E-state index contributed by atoms with van der Waals surface area (Å²) in [7, 11) is 2.54. The lowest BCUT2D eigenvalue weighted by Gasteiger charge is -2.21. The lowest BCUT2D eigenvalue weighted by molar-refractivity contribution is -0.142. The van der Waals surface area contributed by atoms with Crippen LogP contribution in [0.15, 0.2) is 30.3 Å². The quantitative estimate of drug-likeness (QED) is 0.549. The SMILES string of the molecule is COC(=O)CCc1c(C(=O)OCc2ccccc2)[nH]c2c1C(C(=O)OC)CCC2=O. The van der Waals surface area contributed by atoms with Crippen molar-refractivity contribution < 1.29 is 33.4 Å². The second kappa shape index (κ2) is 9.39. The molecular weight excluding hydrogens is 390 g/mol. The van der Waals surface area contributed by atoms with Crippen LogP contribution in [0.4, 0.5) is 0 Å². The van der Waals surface area contributed by atoms with Gasteiger partial charge in [-0.15, -0.1) is 0 Å². The van der Waals surface area contributed by atoms with Crippen LogP contribution < -0.4 is 0 Å². The molecule has 0 aliphatic heterocycles. The third kappa shape index (κ3) is 4.42. The van der Waals surface area contributed by atoms with Gasteiger partial charge in [0.15, 0.2) is 5.78 Å². The Labute approximate surface area is 173 Å². The average molecular weight is 413 g/mol. The number of nitrogens with one attached hydrogen (secondary N) is 1. The predicted molar refractivity (Wildman–Crippen MR) is 105 cm³/mol. The molecule has 2 aromatic rings. The molecule has 0 fully saturated rings. The smallest absolute Gasteiger partial charge is 0.355 e. The maximum Gasteiger partial charge on any atom is 0.355 e. The number of H-pyrrole nitrogens is 1. The first-order valence-corrected chi connectivity index (χ1v) is 9.59. The Balaban J connectivity index is 1.96. The van der Waals surface area contributed by atoms with Crippen LogP contribution in [0.25, 0.3) is 0 Å². The summed E-state index contributed by atoms with van der Waals surface area (Å²) in [6.07, 6.45) is 0.541. The summed E-state index contributed by atoms with van der Waals surface area (Å²) < 4.78 is 15.0. The molecule has 0 saturated carbocycles. The molecular formula is C22H23NO7. The Kier molecular flexibility index (Phi) is 6.66. The normalized spacial score (nSPS) is 15.3. The van der Waals surface area contributed by atoms with E-state index in [0.29, 0.717) is 11.1 Å². The average Bonchev–Trinajstić information content (AvgIpc) is 3.16. The highest BCUT2D eigenvalue weighted by Gasteiger charge is 2.38. The molecule has 8 nitrogen and oxygen atoms in total. The first kappa shape index (κ1) is 21.3. The Hall–Kier alpha value is -3.42. The summed E-state index contributed by atoms with van der Waals surface area (Å²) in [6, 6.07) is 9.16. The van der Waals surface area contributed by atoms with E-state index in [0.717, 1.165) is 5.56 Å². The van der Waals surface area contributed by atoms with Crippen molar-refractivity contribution in [1.82, 2.24) is 4.98 Å². The van der Waals surface area contributed by atoms with Gasteiger partial charge in [0.1, 0.15) is 12.3 Å². The lowest BCUT2D eigenvalue weighted by Crippen LogP contribution is -2.23. The Bertz CT molecular complexity index is 961. The molecule has 158 valence electrons. The highest BCUT2D eigenvalue weighted by atomic mass is 16.5. The number of hydrogen-bond acceptors (Lipinski definition) is 7. The van der Waals surface area contributed by atoms with E-state index in [-0.39, 0.29) is 49.5 Å². The van der Waals surface area contributed by atoms with Gasteiger partial charge in [0.05, 0.1) is 25.8 Å². The zero-order valence-electron chi connectivity index (χ0n) is 16.9. The number of esters is 3. The molecule has 1 aromatic carbocycles. The fourth-order valence-corrected chi connectivity index (χ4v) is 3.64. The van der Waals surface area contributed by atoms with Gasteiger partial charge in [-0.1, -0.05) is 30.3 Å². The van der Waals surface area contributed by atoms with Crippen molar-refractivity contribution in [3.63, 3.8) is 0 Å². The molecule has 0 radical (unpaired) electrons. The van der Waals surface area contributed by atoms with Gasteiger partial charge in [0.25, 0.3) is 0 Å². The van der Waals surface area contributed by atoms with Gasteiger partial charge < -0.3 is 19.2 Å². The molecule has 0 saturated heterocycles. The molecule has 3 rings (SSSR count). The van der Waals surface area contributed by atoms with Gasteiger partial charge in [0.2, 0.25) is 0 Å². The van der Waals surface area contributed by atoms with E-state index in [4.69, 9.17) is 14.2 Å². The number of ketones is 1. The van der Waals surface area contributed by atoms with Crippen LogP contribution in [-0.4, -0.2) is 42.9 Å². The monoisotopic (exact) mass is 413 g/mol. The first-order chi connectivity index (χ1) is 14.5. The summed E-state index contributed by atoms with van der Waals surface area (Å²) >= 11 is 0. The maximum atomic E-state index is 12.8. The van der Waals surface area contributed by atoms with Crippen LogP contribution >= 0.6 is 0 Å². The predicted octanol–water partition coefficient (Wildman–Crippen LogP) is 2.71. The first-order valence-electron chi connectivity index (χ1n) is 9.59. The van der Waals surface area contributed by atoms with Crippen molar-refractivity contribution in [1.29, 1.82) is 0 Å². The van der Waals surface area contributed by atoms with Gasteiger partial charge in [-0.2, -0.15) is 0 Å². The van der Waals surface area contributed by atoms with E-state index < -0.39 is 23.8 Å². The van der Waals surface area contributed by atoms with Crippen molar-refractivity contribution in [3.05, 3.63) is 58.4 Å². The number of carbonyl (C=O) groups is 4. The number of hydrogen-bond donors (Lipinski definition) is 1. The van der Waals surface area contributed by atoms with Crippen molar-refractivity contribution in [2.24, 2.45) is 0 Å². The summed E-state index contributed by atoms with van der Waals surface area (Å²) in [5.41, 5.74) is 1.90. The van der Waals surface area contributed by atoms with Crippen LogP contribution in [0.2, 0.25) is 0 Å². The minimum Gasteiger partial charge on any atom is -0.469 e. The third-order valence-electron chi connectivity index (χ3n) is 5.14. The lowest BCUT2D eigenvalue weighted by atomic mass is 9.82.